The summed E-state index contributed by atoms with van der Waals surface area (Å²) >= 11 is 0. The van der Waals surface area contributed by atoms with Crippen molar-refractivity contribution in [2.24, 2.45) is 0 Å². The van der Waals surface area contributed by atoms with Gasteiger partial charge in [-0.25, -0.2) is 15.0 Å². The van der Waals surface area contributed by atoms with E-state index in [0.29, 0.717) is 17.5 Å². The zero-order valence-corrected chi connectivity index (χ0v) is 30.6. The molecule has 4 nitrogen and oxygen atoms in total. The maximum absolute atomic E-state index is 5.05. The Morgan fingerprint density at radius 2 is 0.927 bits per heavy atom. The highest BCUT2D eigenvalue weighted by atomic mass is 15.0. The Kier molecular flexibility index (Phi) is 7.77. The molecule has 0 amide bonds. The molecule has 55 heavy (non-hydrogen) atoms. The summed E-state index contributed by atoms with van der Waals surface area (Å²) in [4.78, 5) is 19.3. The highest BCUT2D eigenvalue weighted by molar-refractivity contribution is 5.98. The molecule has 2 aromatic heterocycles. The lowest BCUT2D eigenvalue weighted by Crippen LogP contribution is -2.15. The molecule has 0 N–H and O–H groups in total. The Morgan fingerprint density at radius 3 is 1.64 bits per heavy atom. The smallest absolute Gasteiger partial charge is 0.164 e. The number of rotatable bonds is 6. The Bertz CT molecular complexity index is 2880. The van der Waals surface area contributed by atoms with Gasteiger partial charge in [0.05, 0.1) is 0 Å². The minimum absolute atomic E-state index is 0.0784. The first kappa shape index (κ1) is 32.6. The molecule has 1 aliphatic carbocycles. The van der Waals surface area contributed by atoms with Crippen LogP contribution in [0.5, 0.6) is 0 Å². The van der Waals surface area contributed by atoms with Crippen molar-refractivity contribution in [3.63, 3.8) is 0 Å². The van der Waals surface area contributed by atoms with Crippen LogP contribution in [0.4, 0.5) is 0 Å². The molecule has 10 rings (SSSR count). The molecule has 2 heterocycles. The number of fused-ring (bicyclic) bond motifs is 5. The summed E-state index contributed by atoms with van der Waals surface area (Å²) < 4.78 is 0. The van der Waals surface area contributed by atoms with Gasteiger partial charge in [-0.15, -0.1) is 0 Å². The standard InChI is InChI=1S/C51H36N4/c1-51(2)46-27-25-40(31-45(46)44-26-24-34-11-6-7-19-43(34)47(44)51)38-15-8-14-37(29-38)39-16-9-17-41(30-39)50-54-48(35-12-4-3-5-13-35)53-49(55-50)36-22-20-33(21-23-36)42-18-10-28-52-32-42/h3-32H,1-2H3. The second kappa shape index (κ2) is 13.1. The highest BCUT2D eigenvalue weighted by Gasteiger charge is 2.36. The first-order chi connectivity index (χ1) is 27.0. The quantitative estimate of drug-likeness (QED) is 0.173. The lowest BCUT2D eigenvalue weighted by Gasteiger charge is -2.23. The normalized spacial score (nSPS) is 12.7. The van der Waals surface area contributed by atoms with Gasteiger partial charge in [0.25, 0.3) is 0 Å². The summed E-state index contributed by atoms with van der Waals surface area (Å²) in [6.07, 6.45) is 3.66. The van der Waals surface area contributed by atoms with Gasteiger partial charge in [-0.3, -0.25) is 4.98 Å². The molecule has 0 saturated carbocycles. The number of benzene rings is 7. The van der Waals surface area contributed by atoms with Gasteiger partial charge in [0.15, 0.2) is 17.5 Å². The van der Waals surface area contributed by atoms with Crippen LogP contribution in [0.1, 0.15) is 25.0 Å². The molecule has 7 aromatic carbocycles. The van der Waals surface area contributed by atoms with Crippen LogP contribution in [0, 0.1) is 0 Å². The summed E-state index contributed by atoms with van der Waals surface area (Å²) in [5, 5.41) is 2.63. The topological polar surface area (TPSA) is 51.6 Å². The van der Waals surface area contributed by atoms with Crippen LogP contribution in [-0.4, -0.2) is 19.9 Å². The Balaban J connectivity index is 1.02. The van der Waals surface area contributed by atoms with Crippen LogP contribution in [-0.2, 0) is 5.41 Å². The molecule has 0 bridgehead atoms. The SMILES string of the molecule is CC1(C)c2ccc(-c3cccc(-c4cccc(-c5nc(-c6ccccc6)nc(-c6ccc(-c7cccnc7)cc6)n5)c4)c3)cc2-c2ccc3ccccc3c21. The van der Waals surface area contributed by atoms with Gasteiger partial charge in [-0.1, -0.05) is 159 Å². The largest absolute Gasteiger partial charge is 0.264 e. The van der Waals surface area contributed by atoms with E-state index in [4.69, 9.17) is 15.0 Å². The van der Waals surface area contributed by atoms with E-state index in [9.17, 15) is 0 Å². The molecule has 0 atom stereocenters. The van der Waals surface area contributed by atoms with Crippen molar-refractivity contribution in [1.82, 2.24) is 19.9 Å². The molecule has 4 heteroatoms. The van der Waals surface area contributed by atoms with Crippen molar-refractivity contribution >= 4 is 10.8 Å². The van der Waals surface area contributed by atoms with E-state index in [-0.39, 0.29) is 5.41 Å². The van der Waals surface area contributed by atoms with E-state index >= 15 is 0 Å². The van der Waals surface area contributed by atoms with Crippen LogP contribution in [0.25, 0.3) is 89.4 Å². The van der Waals surface area contributed by atoms with E-state index < -0.39 is 0 Å². The third kappa shape index (κ3) is 5.80. The molecular formula is C51H36N4. The number of nitrogens with zero attached hydrogens (tertiary/aromatic N) is 4. The maximum Gasteiger partial charge on any atom is 0.164 e. The molecule has 0 radical (unpaired) electrons. The Morgan fingerprint density at radius 1 is 0.382 bits per heavy atom. The third-order valence-corrected chi connectivity index (χ3v) is 11.0. The predicted octanol–water partition coefficient (Wildman–Crippen LogP) is 12.7. The molecule has 0 fully saturated rings. The van der Waals surface area contributed by atoms with Crippen LogP contribution < -0.4 is 0 Å². The summed E-state index contributed by atoms with van der Waals surface area (Å²) in [6, 6.07) is 60.1. The number of hydrogen-bond acceptors (Lipinski definition) is 4. The lowest BCUT2D eigenvalue weighted by atomic mass is 9.80. The fourth-order valence-electron chi connectivity index (χ4n) is 8.21. The van der Waals surface area contributed by atoms with Gasteiger partial charge in [-0.2, -0.15) is 0 Å². The summed E-state index contributed by atoms with van der Waals surface area (Å²) in [5.41, 5.74) is 14.9. The van der Waals surface area contributed by atoms with E-state index in [2.05, 4.69) is 152 Å². The number of aromatic nitrogens is 4. The van der Waals surface area contributed by atoms with E-state index in [1.165, 1.54) is 44.2 Å². The maximum atomic E-state index is 5.05. The first-order valence-corrected chi connectivity index (χ1v) is 18.7. The molecule has 0 unspecified atom stereocenters. The van der Waals surface area contributed by atoms with Crippen molar-refractivity contribution in [3.8, 4) is 78.7 Å². The summed E-state index contributed by atoms with van der Waals surface area (Å²) in [7, 11) is 0. The fourth-order valence-corrected chi connectivity index (χ4v) is 8.21. The van der Waals surface area contributed by atoms with Gasteiger partial charge in [-0.05, 0) is 90.7 Å². The molecular weight excluding hydrogens is 669 g/mol. The number of hydrogen-bond donors (Lipinski definition) is 0. The van der Waals surface area contributed by atoms with Crippen LogP contribution >= 0.6 is 0 Å². The van der Waals surface area contributed by atoms with Crippen LogP contribution in [0.15, 0.2) is 182 Å². The molecule has 0 spiro atoms. The first-order valence-electron chi connectivity index (χ1n) is 18.7. The molecule has 260 valence electrons. The molecule has 0 aliphatic heterocycles. The predicted molar refractivity (Wildman–Crippen MR) is 225 cm³/mol. The zero-order valence-electron chi connectivity index (χ0n) is 30.6. The Hall–Kier alpha value is -7.04. The van der Waals surface area contributed by atoms with Crippen molar-refractivity contribution in [3.05, 3.63) is 193 Å². The van der Waals surface area contributed by atoms with E-state index in [1.807, 2.05) is 42.6 Å². The average Bonchev–Trinajstić information content (AvgIpc) is 3.49. The van der Waals surface area contributed by atoms with Gasteiger partial charge in [0, 0.05) is 34.5 Å². The van der Waals surface area contributed by atoms with Gasteiger partial charge in [0.2, 0.25) is 0 Å². The number of pyridine rings is 1. The summed E-state index contributed by atoms with van der Waals surface area (Å²) in [5.74, 6) is 1.90. The second-order valence-corrected chi connectivity index (χ2v) is 14.7. The monoisotopic (exact) mass is 704 g/mol. The van der Waals surface area contributed by atoms with Crippen LogP contribution in [0.2, 0.25) is 0 Å². The van der Waals surface area contributed by atoms with Crippen molar-refractivity contribution in [2.75, 3.05) is 0 Å². The second-order valence-electron chi connectivity index (χ2n) is 14.7. The lowest BCUT2D eigenvalue weighted by molar-refractivity contribution is 0.666. The zero-order chi connectivity index (χ0) is 36.9. The average molecular weight is 705 g/mol. The van der Waals surface area contributed by atoms with Crippen molar-refractivity contribution < 1.29 is 0 Å². The minimum atomic E-state index is -0.0784. The molecule has 0 saturated heterocycles. The fraction of sp³-hybridized carbons (Fsp3) is 0.0588. The van der Waals surface area contributed by atoms with Crippen LogP contribution in [0.3, 0.4) is 0 Å². The van der Waals surface area contributed by atoms with Gasteiger partial charge >= 0.3 is 0 Å². The minimum Gasteiger partial charge on any atom is -0.264 e. The van der Waals surface area contributed by atoms with E-state index in [0.717, 1.165) is 38.9 Å². The van der Waals surface area contributed by atoms with Gasteiger partial charge in [0.1, 0.15) is 0 Å². The van der Waals surface area contributed by atoms with Crippen molar-refractivity contribution in [2.45, 2.75) is 19.3 Å². The highest BCUT2D eigenvalue weighted by Crippen LogP contribution is 2.52. The summed E-state index contributed by atoms with van der Waals surface area (Å²) in [6.45, 7) is 4.71. The third-order valence-electron chi connectivity index (χ3n) is 11.0. The van der Waals surface area contributed by atoms with Crippen molar-refractivity contribution in [1.29, 1.82) is 0 Å². The Labute approximate surface area is 320 Å². The van der Waals surface area contributed by atoms with E-state index in [1.54, 1.807) is 6.20 Å². The molecule has 1 aliphatic rings. The van der Waals surface area contributed by atoms with Gasteiger partial charge < -0.3 is 0 Å². The molecule has 9 aromatic rings.